The van der Waals surface area contributed by atoms with Crippen LogP contribution >= 0.6 is 15.9 Å². The molecule has 0 saturated carbocycles. The Labute approximate surface area is 115 Å². The average Bonchev–Trinajstić information content (AvgIpc) is 2.65. The molecule has 2 aromatic heterocycles. The van der Waals surface area contributed by atoms with E-state index in [1.165, 1.54) is 0 Å². The van der Waals surface area contributed by atoms with E-state index in [0.29, 0.717) is 0 Å². The second-order valence-electron chi connectivity index (χ2n) is 4.28. The predicted octanol–water partition coefficient (Wildman–Crippen LogP) is 1.63. The van der Waals surface area contributed by atoms with Gasteiger partial charge in [0.25, 0.3) is 0 Å². The third-order valence-corrected chi connectivity index (χ3v) is 3.26. The Morgan fingerprint density at radius 3 is 2.83 bits per heavy atom. The molecule has 0 saturated heterocycles. The largest absolute Gasteiger partial charge is 0.275 e. The number of hydrogen-bond donors (Lipinski definition) is 2. The summed E-state index contributed by atoms with van der Waals surface area (Å²) in [5.74, 6) is 5.65. The van der Waals surface area contributed by atoms with Crippen LogP contribution in [0.15, 0.2) is 29.1 Å². The molecule has 0 bridgehead atoms. The molecule has 0 amide bonds. The Morgan fingerprint density at radius 1 is 1.50 bits per heavy atom. The van der Waals surface area contributed by atoms with E-state index in [4.69, 9.17) is 5.84 Å². The Kier molecular flexibility index (Phi) is 4.11. The molecule has 6 heteroatoms. The lowest BCUT2D eigenvalue weighted by Gasteiger charge is -2.15. The summed E-state index contributed by atoms with van der Waals surface area (Å²) in [6.45, 7) is 1.98. The summed E-state index contributed by atoms with van der Waals surface area (Å²) in [7, 11) is 1.91. The van der Waals surface area contributed by atoms with Crippen LogP contribution < -0.4 is 11.3 Å². The molecule has 0 radical (unpaired) electrons. The molecule has 0 aliphatic rings. The zero-order valence-electron chi connectivity index (χ0n) is 10.4. The number of hydrogen-bond acceptors (Lipinski definition) is 4. The van der Waals surface area contributed by atoms with Crippen molar-refractivity contribution in [1.82, 2.24) is 20.2 Å². The molecule has 3 N–H and O–H groups in total. The number of nitrogens with two attached hydrogens (primary N) is 1. The van der Waals surface area contributed by atoms with E-state index < -0.39 is 0 Å². The minimum atomic E-state index is 0.0369. The minimum absolute atomic E-state index is 0.0369. The van der Waals surface area contributed by atoms with E-state index in [2.05, 4.69) is 31.4 Å². The van der Waals surface area contributed by atoms with Gasteiger partial charge < -0.3 is 0 Å². The maximum Gasteiger partial charge on any atom is 0.0642 e. The van der Waals surface area contributed by atoms with Crippen molar-refractivity contribution in [2.24, 2.45) is 12.9 Å². The van der Waals surface area contributed by atoms with Crippen molar-refractivity contribution in [1.29, 1.82) is 0 Å². The lowest BCUT2D eigenvalue weighted by Crippen LogP contribution is -2.29. The fourth-order valence-electron chi connectivity index (χ4n) is 2.02. The zero-order chi connectivity index (χ0) is 13.1. The summed E-state index contributed by atoms with van der Waals surface area (Å²) in [5.41, 5.74) is 6.07. The first-order valence-corrected chi connectivity index (χ1v) is 6.45. The quantitative estimate of drug-likeness (QED) is 0.665. The van der Waals surface area contributed by atoms with E-state index in [1.807, 2.05) is 32.4 Å². The number of nitrogens with one attached hydrogen (secondary N) is 1. The number of aryl methyl sites for hydroxylation is 2. The second kappa shape index (κ2) is 5.60. The molecule has 96 valence electrons. The Hall–Kier alpha value is -1.24. The van der Waals surface area contributed by atoms with Gasteiger partial charge in [-0.2, -0.15) is 5.10 Å². The fraction of sp³-hybridized carbons (Fsp3) is 0.333. The van der Waals surface area contributed by atoms with Crippen molar-refractivity contribution in [2.75, 3.05) is 0 Å². The first-order chi connectivity index (χ1) is 8.60. The average molecular weight is 310 g/mol. The van der Waals surface area contributed by atoms with Crippen molar-refractivity contribution in [2.45, 2.75) is 19.4 Å². The highest BCUT2D eigenvalue weighted by molar-refractivity contribution is 9.10. The number of rotatable bonds is 4. The van der Waals surface area contributed by atoms with Gasteiger partial charge in [0, 0.05) is 35.7 Å². The highest BCUT2D eigenvalue weighted by atomic mass is 79.9. The summed E-state index contributed by atoms with van der Waals surface area (Å²) in [6, 6.07) is 2.08. The summed E-state index contributed by atoms with van der Waals surface area (Å²) in [5, 5.41) is 4.34. The van der Waals surface area contributed by atoms with E-state index in [1.54, 1.807) is 10.9 Å². The normalized spacial score (nSPS) is 12.7. The molecule has 2 rings (SSSR count). The van der Waals surface area contributed by atoms with Gasteiger partial charge in [-0.05, 0) is 40.9 Å². The van der Waals surface area contributed by atoms with Gasteiger partial charge >= 0.3 is 0 Å². The molecule has 0 fully saturated rings. The van der Waals surface area contributed by atoms with Crippen LogP contribution in [-0.4, -0.2) is 14.8 Å². The number of aromatic nitrogens is 3. The SMILES string of the molecule is Cc1nn(C)cc1C(Cc1cncc(Br)c1)NN. The third-order valence-electron chi connectivity index (χ3n) is 2.83. The van der Waals surface area contributed by atoms with Gasteiger partial charge in [0.05, 0.1) is 11.7 Å². The van der Waals surface area contributed by atoms with Crippen molar-refractivity contribution in [3.05, 3.63) is 46.0 Å². The Morgan fingerprint density at radius 2 is 2.28 bits per heavy atom. The van der Waals surface area contributed by atoms with Gasteiger partial charge in [-0.3, -0.25) is 20.9 Å². The van der Waals surface area contributed by atoms with Crippen LogP contribution in [0.2, 0.25) is 0 Å². The van der Waals surface area contributed by atoms with Gasteiger partial charge in [0.15, 0.2) is 0 Å². The first-order valence-electron chi connectivity index (χ1n) is 5.66. The van der Waals surface area contributed by atoms with Gasteiger partial charge in [-0.15, -0.1) is 0 Å². The van der Waals surface area contributed by atoms with Gasteiger partial charge in [0.2, 0.25) is 0 Å². The maximum atomic E-state index is 5.65. The standard InChI is InChI=1S/C12H16BrN5/c1-8-11(7-18(2)17-8)12(16-14)4-9-3-10(13)6-15-5-9/h3,5-7,12,16H,4,14H2,1-2H3. The molecule has 0 aliphatic heterocycles. The number of nitrogens with zero attached hydrogens (tertiary/aromatic N) is 3. The van der Waals surface area contributed by atoms with Crippen LogP contribution in [0.4, 0.5) is 0 Å². The number of hydrazine groups is 1. The Bertz CT molecular complexity index is 537. The predicted molar refractivity (Wildman–Crippen MR) is 73.7 cm³/mol. The number of pyridine rings is 1. The van der Waals surface area contributed by atoms with Gasteiger partial charge in [0.1, 0.15) is 0 Å². The smallest absolute Gasteiger partial charge is 0.0642 e. The van der Waals surface area contributed by atoms with Crippen LogP contribution in [0.3, 0.4) is 0 Å². The number of halogens is 1. The van der Waals surface area contributed by atoms with Crippen molar-refractivity contribution in [3.63, 3.8) is 0 Å². The molecule has 0 spiro atoms. The van der Waals surface area contributed by atoms with Crippen molar-refractivity contribution in [3.8, 4) is 0 Å². The lowest BCUT2D eigenvalue weighted by atomic mass is 10.0. The van der Waals surface area contributed by atoms with Gasteiger partial charge in [-0.1, -0.05) is 0 Å². The summed E-state index contributed by atoms with van der Waals surface area (Å²) in [6.07, 6.45) is 6.38. The molecule has 2 aromatic rings. The Balaban J connectivity index is 2.22. The maximum absolute atomic E-state index is 5.65. The first kappa shape index (κ1) is 13.2. The summed E-state index contributed by atoms with van der Waals surface area (Å²) >= 11 is 3.42. The monoisotopic (exact) mass is 309 g/mol. The molecule has 1 unspecified atom stereocenters. The zero-order valence-corrected chi connectivity index (χ0v) is 12.0. The van der Waals surface area contributed by atoms with Crippen molar-refractivity contribution < 1.29 is 0 Å². The summed E-state index contributed by atoms with van der Waals surface area (Å²) in [4.78, 5) is 4.16. The third kappa shape index (κ3) is 2.95. The molecule has 0 aromatic carbocycles. The van der Waals surface area contributed by atoms with Crippen LogP contribution in [0.25, 0.3) is 0 Å². The fourth-order valence-corrected chi connectivity index (χ4v) is 2.43. The van der Waals surface area contributed by atoms with Crippen LogP contribution in [0.5, 0.6) is 0 Å². The van der Waals surface area contributed by atoms with Crippen molar-refractivity contribution >= 4 is 15.9 Å². The molecule has 2 heterocycles. The van der Waals surface area contributed by atoms with Crippen LogP contribution in [-0.2, 0) is 13.5 Å². The minimum Gasteiger partial charge on any atom is -0.275 e. The van der Waals surface area contributed by atoms with Crippen LogP contribution in [0.1, 0.15) is 22.9 Å². The molecule has 1 atom stereocenters. The molecule has 5 nitrogen and oxygen atoms in total. The van der Waals surface area contributed by atoms with Crippen LogP contribution in [0, 0.1) is 6.92 Å². The highest BCUT2D eigenvalue weighted by Gasteiger charge is 2.16. The molecular weight excluding hydrogens is 294 g/mol. The lowest BCUT2D eigenvalue weighted by molar-refractivity contribution is 0.548. The second-order valence-corrected chi connectivity index (χ2v) is 5.19. The molecule has 0 aliphatic carbocycles. The highest BCUT2D eigenvalue weighted by Crippen LogP contribution is 2.21. The summed E-state index contributed by atoms with van der Waals surface area (Å²) < 4.78 is 2.77. The van der Waals surface area contributed by atoms with E-state index in [9.17, 15) is 0 Å². The van der Waals surface area contributed by atoms with E-state index in [-0.39, 0.29) is 6.04 Å². The van der Waals surface area contributed by atoms with Gasteiger partial charge in [-0.25, -0.2) is 0 Å². The van der Waals surface area contributed by atoms with E-state index >= 15 is 0 Å². The topological polar surface area (TPSA) is 68.8 Å². The molecular formula is C12H16BrN5. The van der Waals surface area contributed by atoms with E-state index in [0.717, 1.165) is 27.7 Å². The molecule has 18 heavy (non-hydrogen) atoms.